The van der Waals surface area contributed by atoms with Gasteiger partial charge < -0.3 is 10.7 Å². The van der Waals surface area contributed by atoms with E-state index in [0.717, 1.165) is 0 Å². The van der Waals surface area contributed by atoms with Crippen LogP contribution in [0.25, 0.3) is 0 Å². The first-order valence-electron chi connectivity index (χ1n) is 4.83. The van der Waals surface area contributed by atoms with Gasteiger partial charge in [0.15, 0.2) is 0 Å². The van der Waals surface area contributed by atoms with E-state index in [1.807, 2.05) is 0 Å². The SMILES string of the molecule is Cn1cc(Nc2ncnc(NN)c2[N+](=O)[O-])cn1. The number of hydrazine groups is 1. The summed E-state index contributed by atoms with van der Waals surface area (Å²) in [7, 11) is 1.73. The lowest BCUT2D eigenvalue weighted by Crippen LogP contribution is -2.12. The molecule has 10 heteroatoms. The Hall–Kier alpha value is -2.75. The highest BCUT2D eigenvalue weighted by Crippen LogP contribution is 2.30. The molecule has 0 aromatic carbocycles. The second-order valence-electron chi connectivity index (χ2n) is 3.35. The number of aryl methyl sites for hydroxylation is 1. The Bertz CT molecular complexity index is 580. The van der Waals surface area contributed by atoms with Crippen LogP contribution in [0.4, 0.5) is 23.0 Å². The van der Waals surface area contributed by atoms with Crippen molar-refractivity contribution in [3.63, 3.8) is 0 Å². The standard InChI is InChI=1S/C8H10N8O2/c1-15-3-5(2-12-15)13-7-6(16(17)18)8(14-9)11-4-10-7/h2-4H,9H2,1H3,(H2,10,11,13,14). The molecule has 0 aliphatic heterocycles. The van der Waals surface area contributed by atoms with Crippen molar-refractivity contribution in [1.82, 2.24) is 19.7 Å². The Morgan fingerprint density at radius 1 is 1.44 bits per heavy atom. The summed E-state index contributed by atoms with van der Waals surface area (Å²) in [5.74, 6) is 5.14. The number of hydrogen-bond donors (Lipinski definition) is 3. The fourth-order valence-electron chi connectivity index (χ4n) is 1.37. The molecule has 0 saturated heterocycles. The molecule has 0 fully saturated rings. The van der Waals surface area contributed by atoms with E-state index in [2.05, 4.69) is 25.8 Å². The number of anilines is 3. The van der Waals surface area contributed by atoms with Gasteiger partial charge in [-0.3, -0.25) is 14.8 Å². The summed E-state index contributed by atoms with van der Waals surface area (Å²) in [5.41, 5.74) is 2.40. The summed E-state index contributed by atoms with van der Waals surface area (Å²) >= 11 is 0. The minimum Gasteiger partial charge on any atom is -0.332 e. The van der Waals surface area contributed by atoms with Crippen LogP contribution in [-0.4, -0.2) is 24.7 Å². The normalized spacial score (nSPS) is 10.1. The van der Waals surface area contributed by atoms with Crippen LogP contribution in [0, 0.1) is 10.1 Å². The van der Waals surface area contributed by atoms with Gasteiger partial charge in [0.25, 0.3) is 0 Å². The lowest BCUT2D eigenvalue weighted by molar-refractivity contribution is -0.383. The maximum absolute atomic E-state index is 11.0. The molecule has 2 rings (SSSR count). The molecule has 0 radical (unpaired) electrons. The Morgan fingerprint density at radius 2 is 2.17 bits per heavy atom. The van der Waals surface area contributed by atoms with Gasteiger partial charge in [-0.05, 0) is 0 Å². The molecule has 0 spiro atoms. The maximum atomic E-state index is 11.0. The zero-order valence-electron chi connectivity index (χ0n) is 9.36. The van der Waals surface area contributed by atoms with Crippen LogP contribution in [0.3, 0.4) is 0 Å². The Morgan fingerprint density at radius 3 is 2.72 bits per heavy atom. The number of nitrogens with two attached hydrogens (primary N) is 1. The summed E-state index contributed by atoms with van der Waals surface area (Å²) in [5, 5.41) is 17.7. The molecule has 0 bridgehead atoms. The monoisotopic (exact) mass is 250 g/mol. The number of rotatable bonds is 4. The largest absolute Gasteiger partial charge is 0.354 e. The molecule has 0 aliphatic carbocycles. The van der Waals surface area contributed by atoms with Gasteiger partial charge in [0.05, 0.1) is 16.8 Å². The van der Waals surface area contributed by atoms with Crippen LogP contribution in [0.1, 0.15) is 0 Å². The van der Waals surface area contributed by atoms with Crippen molar-refractivity contribution >= 4 is 23.0 Å². The number of nitrogen functional groups attached to an aromatic ring is 1. The first-order valence-corrected chi connectivity index (χ1v) is 4.83. The number of nitrogens with one attached hydrogen (secondary N) is 2. The second kappa shape index (κ2) is 4.63. The molecule has 0 amide bonds. The highest BCUT2D eigenvalue weighted by molar-refractivity contribution is 5.72. The van der Waals surface area contributed by atoms with E-state index in [9.17, 15) is 10.1 Å². The summed E-state index contributed by atoms with van der Waals surface area (Å²) < 4.78 is 1.55. The summed E-state index contributed by atoms with van der Waals surface area (Å²) in [6.07, 6.45) is 4.34. The van der Waals surface area contributed by atoms with E-state index in [-0.39, 0.29) is 17.3 Å². The molecule has 0 aliphatic rings. The van der Waals surface area contributed by atoms with Crippen LogP contribution < -0.4 is 16.6 Å². The number of hydrogen-bond acceptors (Lipinski definition) is 8. The number of nitrogens with zero attached hydrogens (tertiary/aromatic N) is 5. The van der Waals surface area contributed by atoms with E-state index < -0.39 is 4.92 Å². The van der Waals surface area contributed by atoms with Crippen molar-refractivity contribution in [3.05, 3.63) is 28.8 Å². The fraction of sp³-hybridized carbons (Fsp3) is 0.125. The van der Waals surface area contributed by atoms with E-state index in [1.54, 1.807) is 17.9 Å². The van der Waals surface area contributed by atoms with Gasteiger partial charge in [-0.1, -0.05) is 0 Å². The first kappa shape index (κ1) is 11.7. The maximum Gasteiger partial charge on any atom is 0.354 e. The molecule has 10 nitrogen and oxygen atoms in total. The van der Waals surface area contributed by atoms with E-state index in [1.165, 1.54) is 12.5 Å². The highest BCUT2D eigenvalue weighted by atomic mass is 16.6. The third-order valence-corrected chi connectivity index (χ3v) is 2.11. The minimum atomic E-state index is -0.617. The predicted octanol–water partition coefficient (Wildman–Crippen LogP) is 0.147. The molecule has 2 aromatic heterocycles. The first-order chi connectivity index (χ1) is 8.61. The van der Waals surface area contributed by atoms with E-state index >= 15 is 0 Å². The Labute approximate surface area is 101 Å². The van der Waals surface area contributed by atoms with Gasteiger partial charge >= 0.3 is 5.69 Å². The van der Waals surface area contributed by atoms with Gasteiger partial charge in [0.1, 0.15) is 6.33 Å². The lowest BCUT2D eigenvalue weighted by Gasteiger charge is -2.05. The zero-order chi connectivity index (χ0) is 13.1. The van der Waals surface area contributed by atoms with Gasteiger partial charge in [0, 0.05) is 13.2 Å². The molecule has 0 saturated carbocycles. The molecule has 2 heterocycles. The molecular formula is C8H10N8O2. The second-order valence-corrected chi connectivity index (χ2v) is 3.35. The number of aromatic nitrogens is 4. The van der Waals surface area contributed by atoms with E-state index in [4.69, 9.17) is 5.84 Å². The Balaban J connectivity index is 2.41. The third-order valence-electron chi connectivity index (χ3n) is 2.11. The smallest absolute Gasteiger partial charge is 0.332 e. The minimum absolute atomic E-state index is 0.0379. The van der Waals surface area contributed by atoms with Crippen molar-refractivity contribution in [2.75, 3.05) is 10.7 Å². The van der Waals surface area contributed by atoms with Gasteiger partial charge in [-0.2, -0.15) is 5.10 Å². The van der Waals surface area contributed by atoms with E-state index in [0.29, 0.717) is 5.69 Å². The third kappa shape index (κ3) is 2.17. The van der Waals surface area contributed by atoms with Gasteiger partial charge in [0.2, 0.25) is 11.6 Å². The molecular weight excluding hydrogens is 240 g/mol. The van der Waals surface area contributed by atoms with Crippen molar-refractivity contribution in [2.45, 2.75) is 0 Å². The predicted molar refractivity (Wildman–Crippen MR) is 63.0 cm³/mol. The summed E-state index contributed by atoms with van der Waals surface area (Å²) in [6.45, 7) is 0. The quantitative estimate of drug-likeness (QED) is 0.396. The molecule has 0 unspecified atom stereocenters. The van der Waals surface area contributed by atoms with Crippen molar-refractivity contribution in [1.29, 1.82) is 0 Å². The lowest BCUT2D eigenvalue weighted by atomic mass is 10.4. The molecule has 2 aromatic rings. The molecule has 94 valence electrons. The van der Waals surface area contributed by atoms with Crippen molar-refractivity contribution in [3.8, 4) is 0 Å². The average molecular weight is 250 g/mol. The molecule has 4 N–H and O–H groups in total. The average Bonchev–Trinajstić information content (AvgIpc) is 2.74. The Kier molecular flexibility index (Phi) is 3.02. The highest BCUT2D eigenvalue weighted by Gasteiger charge is 2.22. The summed E-state index contributed by atoms with van der Waals surface area (Å²) in [4.78, 5) is 17.8. The van der Waals surface area contributed by atoms with Crippen molar-refractivity contribution in [2.24, 2.45) is 12.9 Å². The van der Waals surface area contributed by atoms with Crippen LogP contribution >= 0.6 is 0 Å². The van der Waals surface area contributed by atoms with Gasteiger partial charge in [-0.25, -0.2) is 15.8 Å². The number of nitro groups is 1. The topological polar surface area (TPSA) is 137 Å². The van der Waals surface area contributed by atoms with Gasteiger partial charge in [-0.15, -0.1) is 0 Å². The molecule has 0 atom stereocenters. The van der Waals surface area contributed by atoms with Crippen molar-refractivity contribution < 1.29 is 4.92 Å². The zero-order valence-corrected chi connectivity index (χ0v) is 9.36. The van der Waals surface area contributed by atoms with Crippen LogP contribution in [0.15, 0.2) is 18.7 Å². The van der Waals surface area contributed by atoms with Crippen LogP contribution in [0.5, 0.6) is 0 Å². The van der Waals surface area contributed by atoms with Crippen LogP contribution in [-0.2, 0) is 7.05 Å². The molecule has 18 heavy (non-hydrogen) atoms. The van der Waals surface area contributed by atoms with Crippen LogP contribution in [0.2, 0.25) is 0 Å². The summed E-state index contributed by atoms with van der Waals surface area (Å²) in [6, 6.07) is 0. The fourth-order valence-corrected chi connectivity index (χ4v) is 1.37.